The molecule has 0 aromatic rings. The fourth-order valence-corrected chi connectivity index (χ4v) is 3.09. The quantitative estimate of drug-likeness (QED) is 0.634. The van der Waals surface area contributed by atoms with Gasteiger partial charge in [0.05, 0.1) is 6.61 Å². The normalized spacial score (nSPS) is 23.4. The van der Waals surface area contributed by atoms with Gasteiger partial charge < -0.3 is 20.2 Å². The Labute approximate surface area is 124 Å². The van der Waals surface area contributed by atoms with Crippen LogP contribution < -0.4 is 5.32 Å². The van der Waals surface area contributed by atoms with E-state index >= 15 is 0 Å². The predicted octanol–water partition coefficient (Wildman–Crippen LogP) is 1.30. The van der Waals surface area contributed by atoms with Crippen molar-refractivity contribution in [3.63, 3.8) is 0 Å². The molecule has 118 valence electrons. The summed E-state index contributed by atoms with van der Waals surface area (Å²) in [5, 5.41) is 13.2. The Kier molecular flexibility index (Phi) is 6.27. The third-order valence-corrected chi connectivity index (χ3v) is 4.74. The monoisotopic (exact) mass is 283 g/mol. The summed E-state index contributed by atoms with van der Waals surface area (Å²) < 4.78 is 0. The maximum atomic E-state index is 9.59. The molecule has 0 spiro atoms. The average molecular weight is 283 g/mol. The minimum atomic E-state index is -0.0725. The standard InChI is InChI=1S/C16H33N3O/c1-16(14-20,17-15-6-7-15)8-5-9-18(2)12-13-19-10-3-4-11-19/h15,17,20H,3-14H2,1-2H3. The van der Waals surface area contributed by atoms with Crippen LogP contribution in [0, 0.1) is 0 Å². The van der Waals surface area contributed by atoms with Crippen molar-refractivity contribution < 1.29 is 5.11 Å². The highest BCUT2D eigenvalue weighted by Gasteiger charge is 2.31. The predicted molar refractivity (Wildman–Crippen MR) is 84.1 cm³/mol. The summed E-state index contributed by atoms with van der Waals surface area (Å²) in [4.78, 5) is 5.01. The number of hydrogen-bond acceptors (Lipinski definition) is 4. The fourth-order valence-electron chi connectivity index (χ4n) is 3.09. The van der Waals surface area contributed by atoms with E-state index in [1.165, 1.54) is 51.9 Å². The summed E-state index contributed by atoms with van der Waals surface area (Å²) in [7, 11) is 2.22. The molecule has 0 amide bonds. The molecular weight excluding hydrogens is 250 g/mol. The van der Waals surface area contributed by atoms with Gasteiger partial charge in [-0.15, -0.1) is 0 Å². The number of nitrogens with one attached hydrogen (secondary N) is 1. The van der Waals surface area contributed by atoms with Gasteiger partial charge in [0, 0.05) is 24.7 Å². The van der Waals surface area contributed by atoms with E-state index in [2.05, 4.69) is 29.1 Å². The van der Waals surface area contributed by atoms with Crippen LogP contribution in [-0.2, 0) is 0 Å². The van der Waals surface area contributed by atoms with Crippen molar-refractivity contribution in [3.8, 4) is 0 Å². The third-order valence-electron chi connectivity index (χ3n) is 4.74. The van der Waals surface area contributed by atoms with Crippen molar-refractivity contribution in [2.45, 2.75) is 57.0 Å². The summed E-state index contributed by atoms with van der Waals surface area (Å²) in [6, 6.07) is 0.667. The molecule has 1 aliphatic heterocycles. The second-order valence-corrected chi connectivity index (χ2v) is 7.09. The number of nitrogens with zero attached hydrogens (tertiary/aromatic N) is 2. The number of likely N-dealkylation sites (tertiary alicyclic amines) is 1. The maximum Gasteiger partial charge on any atom is 0.0610 e. The molecule has 0 aromatic heterocycles. The first-order valence-electron chi connectivity index (χ1n) is 8.41. The number of likely N-dealkylation sites (N-methyl/N-ethyl adjacent to an activating group) is 1. The maximum absolute atomic E-state index is 9.59. The lowest BCUT2D eigenvalue weighted by Gasteiger charge is -2.30. The molecule has 2 aliphatic rings. The Hall–Kier alpha value is -0.160. The van der Waals surface area contributed by atoms with Crippen LogP contribution in [0.2, 0.25) is 0 Å². The van der Waals surface area contributed by atoms with Gasteiger partial charge in [-0.1, -0.05) is 0 Å². The molecule has 0 aromatic carbocycles. The molecule has 20 heavy (non-hydrogen) atoms. The van der Waals surface area contributed by atoms with Crippen LogP contribution in [0.5, 0.6) is 0 Å². The fraction of sp³-hybridized carbons (Fsp3) is 1.00. The average Bonchev–Trinajstić information content (AvgIpc) is 3.07. The van der Waals surface area contributed by atoms with Crippen molar-refractivity contribution in [1.82, 2.24) is 15.1 Å². The van der Waals surface area contributed by atoms with Crippen molar-refractivity contribution in [1.29, 1.82) is 0 Å². The molecule has 1 saturated heterocycles. The zero-order chi connectivity index (χ0) is 14.4. The highest BCUT2D eigenvalue weighted by atomic mass is 16.3. The Bertz CT molecular complexity index is 277. The zero-order valence-corrected chi connectivity index (χ0v) is 13.4. The smallest absolute Gasteiger partial charge is 0.0610 e. The number of rotatable bonds is 10. The van der Waals surface area contributed by atoms with Gasteiger partial charge in [0.25, 0.3) is 0 Å². The lowest BCUT2D eigenvalue weighted by Crippen LogP contribution is -2.47. The lowest BCUT2D eigenvalue weighted by atomic mass is 9.96. The highest BCUT2D eigenvalue weighted by Crippen LogP contribution is 2.24. The molecule has 1 unspecified atom stereocenters. The molecule has 0 radical (unpaired) electrons. The number of aliphatic hydroxyl groups excluding tert-OH is 1. The largest absolute Gasteiger partial charge is 0.394 e. The van der Waals surface area contributed by atoms with E-state index in [9.17, 15) is 5.11 Å². The van der Waals surface area contributed by atoms with Gasteiger partial charge in [-0.3, -0.25) is 0 Å². The topological polar surface area (TPSA) is 38.7 Å². The van der Waals surface area contributed by atoms with Crippen LogP contribution in [0.3, 0.4) is 0 Å². The van der Waals surface area contributed by atoms with E-state index < -0.39 is 0 Å². The first kappa shape index (κ1) is 16.2. The van der Waals surface area contributed by atoms with Gasteiger partial charge in [0.2, 0.25) is 0 Å². The van der Waals surface area contributed by atoms with Crippen LogP contribution in [0.25, 0.3) is 0 Å². The molecule has 0 bridgehead atoms. The zero-order valence-electron chi connectivity index (χ0n) is 13.4. The van der Waals surface area contributed by atoms with Crippen LogP contribution >= 0.6 is 0 Å². The van der Waals surface area contributed by atoms with Crippen LogP contribution in [-0.4, -0.2) is 72.9 Å². The Morgan fingerprint density at radius 1 is 1.25 bits per heavy atom. The SMILES string of the molecule is CN(CCCC(C)(CO)NC1CC1)CCN1CCCC1. The van der Waals surface area contributed by atoms with Gasteiger partial charge in [-0.2, -0.15) is 0 Å². The minimum absolute atomic E-state index is 0.0725. The van der Waals surface area contributed by atoms with E-state index in [4.69, 9.17) is 0 Å². The van der Waals surface area contributed by atoms with Crippen LogP contribution in [0.4, 0.5) is 0 Å². The Morgan fingerprint density at radius 2 is 1.95 bits per heavy atom. The summed E-state index contributed by atoms with van der Waals surface area (Å²) in [5.41, 5.74) is -0.0725. The van der Waals surface area contributed by atoms with E-state index in [-0.39, 0.29) is 12.1 Å². The number of hydrogen-bond donors (Lipinski definition) is 2. The highest BCUT2D eigenvalue weighted by molar-refractivity contribution is 4.92. The van der Waals surface area contributed by atoms with E-state index in [1.807, 2.05) is 0 Å². The molecule has 1 aliphatic carbocycles. The molecule has 1 atom stereocenters. The number of aliphatic hydroxyl groups is 1. The second kappa shape index (κ2) is 7.74. The van der Waals surface area contributed by atoms with Crippen molar-refractivity contribution in [3.05, 3.63) is 0 Å². The van der Waals surface area contributed by atoms with E-state index in [1.54, 1.807) is 0 Å². The molecule has 1 saturated carbocycles. The van der Waals surface area contributed by atoms with Crippen LogP contribution in [0.15, 0.2) is 0 Å². The van der Waals surface area contributed by atoms with Crippen molar-refractivity contribution in [2.75, 3.05) is 46.4 Å². The van der Waals surface area contributed by atoms with Crippen LogP contribution in [0.1, 0.15) is 45.4 Å². The van der Waals surface area contributed by atoms with Gasteiger partial charge in [-0.25, -0.2) is 0 Å². The second-order valence-electron chi connectivity index (χ2n) is 7.09. The molecule has 2 N–H and O–H groups in total. The molecule has 2 fully saturated rings. The van der Waals surface area contributed by atoms with Gasteiger partial charge in [0.1, 0.15) is 0 Å². The Balaban J connectivity index is 1.55. The third kappa shape index (κ3) is 5.68. The lowest BCUT2D eigenvalue weighted by molar-refractivity contribution is 0.155. The summed E-state index contributed by atoms with van der Waals surface area (Å²) in [5.74, 6) is 0. The van der Waals surface area contributed by atoms with Gasteiger partial charge in [-0.05, 0) is 72.1 Å². The molecule has 2 rings (SSSR count). The Morgan fingerprint density at radius 3 is 2.55 bits per heavy atom. The molecular formula is C16H33N3O. The summed E-state index contributed by atoms with van der Waals surface area (Å²) in [6.07, 6.45) is 7.55. The first-order chi connectivity index (χ1) is 9.61. The first-order valence-corrected chi connectivity index (χ1v) is 8.41. The van der Waals surface area contributed by atoms with Crippen molar-refractivity contribution in [2.24, 2.45) is 0 Å². The van der Waals surface area contributed by atoms with Crippen molar-refractivity contribution >= 4 is 0 Å². The molecule has 4 nitrogen and oxygen atoms in total. The van der Waals surface area contributed by atoms with E-state index in [0.717, 1.165) is 19.4 Å². The van der Waals surface area contributed by atoms with Gasteiger partial charge in [0.15, 0.2) is 0 Å². The summed E-state index contributed by atoms with van der Waals surface area (Å²) >= 11 is 0. The minimum Gasteiger partial charge on any atom is -0.394 e. The van der Waals surface area contributed by atoms with E-state index in [0.29, 0.717) is 6.04 Å². The molecule has 4 heteroatoms. The molecule has 1 heterocycles. The van der Waals surface area contributed by atoms with Gasteiger partial charge >= 0.3 is 0 Å². The summed E-state index contributed by atoms with van der Waals surface area (Å²) in [6.45, 7) is 8.52.